The maximum absolute atomic E-state index is 10.7. The van der Waals surface area contributed by atoms with Gasteiger partial charge in [0.25, 0.3) is 0 Å². The normalized spacial score (nSPS) is 16.7. The van der Waals surface area contributed by atoms with Gasteiger partial charge in [-0.05, 0) is 38.2 Å². The van der Waals surface area contributed by atoms with Gasteiger partial charge >= 0.3 is 0 Å². The number of hydrogen-bond acceptors (Lipinski definition) is 2. The summed E-state index contributed by atoms with van der Waals surface area (Å²) in [5.41, 5.74) is 3.89. The number of hydrogen-bond donors (Lipinski definition) is 1. The monoisotopic (exact) mass is 274 g/mol. The lowest BCUT2D eigenvalue weighted by molar-refractivity contribution is 0.137. The second kappa shape index (κ2) is 4.54. The summed E-state index contributed by atoms with van der Waals surface area (Å²) in [4.78, 5) is 0. The lowest BCUT2D eigenvalue weighted by Crippen LogP contribution is -2.25. The molecular weight excluding hydrogens is 248 g/mol. The van der Waals surface area contributed by atoms with Crippen LogP contribution in [0.5, 0.6) is 11.5 Å². The van der Waals surface area contributed by atoms with E-state index in [9.17, 15) is 5.11 Å². The van der Waals surface area contributed by atoms with Gasteiger partial charge in [0.2, 0.25) is 0 Å². The van der Waals surface area contributed by atoms with Gasteiger partial charge in [-0.15, -0.1) is 6.58 Å². The van der Waals surface area contributed by atoms with Crippen LogP contribution in [0.2, 0.25) is 0 Å². The highest BCUT2D eigenvalue weighted by atomic mass is 16.5. The van der Waals surface area contributed by atoms with E-state index in [2.05, 4.69) is 41.2 Å². The molecule has 1 aliphatic rings. The first-order valence-corrected chi connectivity index (χ1v) is 7.26. The number of aromatic hydroxyl groups is 1. The average Bonchev–Trinajstić information content (AvgIpc) is 2.58. The fourth-order valence-electron chi connectivity index (χ4n) is 3.17. The van der Waals surface area contributed by atoms with Gasteiger partial charge in [0.1, 0.15) is 17.1 Å². The highest BCUT2D eigenvalue weighted by Crippen LogP contribution is 2.49. The van der Waals surface area contributed by atoms with Crippen LogP contribution in [0, 0.1) is 6.92 Å². The standard InChI is InChI=1S/C18H26O2/c1-8-9-12-11(2)15(19)14(17(3,4)5)13-10-18(6,7)20-16(12)13/h8,19H,1,9-10H2,2-7H3. The number of benzene rings is 1. The van der Waals surface area contributed by atoms with E-state index in [-0.39, 0.29) is 11.0 Å². The van der Waals surface area contributed by atoms with E-state index in [4.69, 9.17) is 4.74 Å². The Labute approximate surface area is 122 Å². The Bertz CT molecular complexity index is 560. The van der Waals surface area contributed by atoms with E-state index < -0.39 is 0 Å². The topological polar surface area (TPSA) is 29.5 Å². The van der Waals surface area contributed by atoms with Crippen LogP contribution in [-0.4, -0.2) is 10.7 Å². The fraction of sp³-hybridized carbons (Fsp3) is 0.556. The van der Waals surface area contributed by atoms with Crippen molar-refractivity contribution in [2.24, 2.45) is 0 Å². The number of fused-ring (bicyclic) bond motifs is 1. The molecule has 0 amide bonds. The quantitative estimate of drug-likeness (QED) is 0.808. The highest BCUT2D eigenvalue weighted by molar-refractivity contribution is 5.62. The van der Waals surface area contributed by atoms with Crippen molar-refractivity contribution in [3.63, 3.8) is 0 Å². The van der Waals surface area contributed by atoms with E-state index >= 15 is 0 Å². The van der Waals surface area contributed by atoms with Crippen LogP contribution < -0.4 is 4.74 Å². The zero-order valence-electron chi connectivity index (χ0n) is 13.6. The third kappa shape index (κ3) is 2.32. The number of allylic oxidation sites excluding steroid dienone is 1. The minimum atomic E-state index is -0.210. The molecule has 0 aromatic heterocycles. The summed E-state index contributed by atoms with van der Waals surface area (Å²) in [7, 11) is 0. The van der Waals surface area contributed by atoms with Crippen LogP contribution in [-0.2, 0) is 18.3 Å². The Morgan fingerprint density at radius 3 is 2.45 bits per heavy atom. The van der Waals surface area contributed by atoms with Gasteiger partial charge in [-0.3, -0.25) is 0 Å². The number of phenols is 1. The lowest BCUT2D eigenvalue weighted by Gasteiger charge is -2.26. The van der Waals surface area contributed by atoms with Crippen LogP contribution in [0.4, 0.5) is 0 Å². The van der Waals surface area contributed by atoms with E-state index in [1.54, 1.807) is 0 Å². The summed E-state index contributed by atoms with van der Waals surface area (Å²) in [5.74, 6) is 1.39. The summed E-state index contributed by atoms with van der Waals surface area (Å²) in [5, 5.41) is 10.7. The third-order valence-corrected chi connectivity index (χ3v) is 3.97. The van der Waals surface area contributed by atoms with Crippen LogP contribution in [0.25, 0.3) is 0 Å². The molecule has 2 nitrogen and oxygen atoms in total. The predicted octanol–water partition coefficient (Wildman–Crippen LogP) is 4.44. The van der Waals surface area contributed by atoms with Gasteiger partial charge in [-0.1, -0.05) is 26.8 Å². The molecule has 0 fully saturated rings. The van der Waals surface area contributed by atoms with Crippen molar-refractivity contribution in [2.45, 2.75) is 65.4 Å². The summed E-state index contributed by atoms with van der Waals surface area (Å²) >= 11 is 0. The predicted molar refractivity (Wildman–Crippen MR) is 83.9 cm³/mol. The molecule has 0 bridgehead atoms. The van der Waals surface area contributed by atoms with Gasteiger partial charge < -0.3 is 9.84 Å². The summed E-state index contributed by atoms with van der Waals surface area (Å²) in [6.07, 6.45) is 3.43. The zero-order chi connectivity index (χ0) is 15.3. The Balaban J connectivity index is 2.79. The van der Waals surface area contributed by atoms with Crippen molar-refractivity contribution in [1.29, 1.82) is 0 Å². The molecule has 1 heterocycles. The van der Waals surface area contributed by atoms with Gasteiger partial charge in [0.15, 0.2) is 0 Å². The van der Waals surface area contributed by atoms with Crippen molar-refractivity contribution in [1.82, 2.24) is 0 Å². The van der Waals surface area contributed by atoms with Gasteiger partial charge in [0.05, 0.1) is 0 Å². The second-order valence-electron chi connectivity index (χ2n) is 7.42. The average molecular weight is 274 g/mol. The molecule has 0 atom stereocenters. The minimum Gasteiger partial charge on any atom is -0.507 e. The molecule has 1 aromatic rings. The molecule has 0 unspecified atom stereocenters. The number of rotatable bonds is 2. The minimum absolute atomic E-state index is 0.102. The molecule has 1 N–H and O–H groups in total. The SMILES string of the molecule is C=CCc1c(C)c(O)c(C(C)(C)C)c2c1OC(C)(C)C2. The molecule has 1 aliphatic heterocycles. The van der Waals surface area contributed by atoms with Crippen molar-refractivity contribution >= 4 is 0 Å². The summed E-state index contributed by atoms with van der Waals surface area (Å²) in [6, 6.07) is 0. The molecule has 0 radical (unpaired) electrons. The van der Waals surface area contributed by atoms with Gasteiger partial charge in [-0.25, -0.2) is 0 Å². The second-order valence-corrected chi connectivity index (χ2v) is 7.42. The Hall–Kier alpha value is -1.44. The first-order valence-electron chi connectivity index (χ1n) is 7.26. The van der Waals surface area contributed by atoms with E-state index in [0.29, 0.717) is 5.75 Å². The van der Waals surface area contributed by atoms with Crippen LogP contribution in [0.1, 0.15) is 56.9 Å². The zero-order valence-corrected chi connectivity index (χ0v) is 13.6. The van der Waals surface area contributed by atoms with E-state index in [1.165, 1.54) is 5.56 Å². The summed E-state index contributed by atoms with van der Waals surface area (Å²) in [6.45, 7) is 16.4. The van der Waals surface area contributed by atoms with Crippen LogP contribution in [0.3, 0.4) is 0 Å². The molecule has 20 heavy (non-hydrogen) atoms. The van der Waals surface area contributed by atoms with Crippen molar-refractivity contribution in [3.8, 4) is 11.5 Å². The van der Waals surface area contributed by atoms with Crippen LogP contribution in [0.15, 0.2) is 12.7 Å². The van der Waals surface area contributed by atoms with E-state index in [0.717, 1.165) is 35.3 Å². The first-order chi connectivity index (χ1) is 9.08. The largest absolute Gasteiger partial charge is 0.507 e. The highest BCUT2D eigenvalue weighted by Gasteiger charge is 2.38. The lowest BCUT2D eigenvalue weighted by atomic mass is 9.78. The molecule has 0 spiro atoms. The molecule has 0 saturated heterocycles. The molecule has 2 heteroatoms. The molecule has 0 aliphatic carbocycles. The maximum atomic E-state index is 10.7. The van der Waals surface area contributed by atoms with Gasteiger partial charge in [0, 0.05) is 23.1 Å². The smallest absolute Gasteiger partial charge is 0.127 e. The van der Waals surface area contributed by atoms with Crippen LogP contribution >= 0.6 is 0 Å². The van der Waals surface area contributed by atoms with Crippen molar-refractivity contribution in [3.05, 3.63) is 34.9 Å². The summed E-state index contributed by atoms with van der Waals surface area (Å²) < 4.78 is 6.19. The third-order valence-electron chi connectivity index (χ3n) is 3.97. The van der Waals surface area contributed by atoms with Crippen molar-refractivity contribution in [2.75, 3.05) is 0 Å². The molecule has 2 rings (SSSR count). The van der Waals surface area contributed by atoms with Gasteiger partial charge in [-0.2, -0.15) is 0 Å². The Kier molecular flexibility index (Phi) is 3.40. The number of phenolic OH excluding ortho intramolecular Hbond substituents is 1. The Morgan fingerprint density at radius 2 is 1.95 bits per heavy atom. The Morgan fingerprint density at radius 1 is 1.35 bits per heavy atom. The molecular formula is C18H26O2. The molecule has 0 saturated carbocycles. The molecule has 1 aromatic carbocycles. The number of ether oxygens (including phenoxy) is 1. The first kappa shape index (κ1) is 15.0. The van der Waals surface area contributed by atoms with E-state index in [1.807, 2.05) is 13.0 Å². The molecule has 110 valence electrons. The van der Waals surface area contributed by atoms with Crippen molar-refractivity contribution < 1.29 is 9.84 Å². The fourth-order valence-corrected chi connectivity index (χ4v) is 3.17. The maximum Gasteiger partial charge on any atom is 0.127 e.